The highest BCUT2D eigenvalue weighted by atomic mass is 35.5. The Bertz CT molecular complexity index is 3.90. The molecule has 0 aromatic carbocycles. The topological polar surface area (TPSA) is 0 Å². The molecule has 0 aliphatic carbocycles. The summed E-state index contributed by atoms with van der Waals surface area (Å²) in [5, 5.41) is 0. The lowest BCUT2D eigenvalue weighted by Crippen LogP contribution is 0.648. The van der Waals surface area contributed by atoms with E-state index >= 15 is 0 Å². The van der Waals surface area contributed by atoms with Gasteiger partial charge in [-0.15, -0.1) is 62.0 Å². The molecule has 0 radical (unpaired) electrons. The second-order valence-corrected chi connectivity index (χ2v) is 0. The van der Waals surface area contributed by atoms with Crippen molar-refractivity contribution in [2.24, 2.45) is 0 Å². The Morgan fingerprint density at radius 2 is 0.333 bits per heavy atom. The van der Waals surface area contributed by atoms with Crippen LogP contribution < -0.4 is 0 Å². The zero-order valence-corrected chi connectivity index (χ0v) is 7.62. The highest BCUT2D eigenvalue weighted by Crippen LogP contribution is 0.694. The summed E-state index contributed by atoms with van der Waals surface area (Å²) >= 11 is 0. The third-order valence-electron chi connectivity index (χ3n) is 0. The van der Waals surface area contributed by atoms with Crippen molar-refractivity contribution in [2.75, 3.05) is 0 Å². The first-order valence-corrected chi connectivity index (χ1v) is 0. The van der Waals surface area contributed by atoms with Crippen molar-refractivity contribution in [3.05, 3.63) is 0 Å². The van der Waals surface area contributed by atoms with Gasteiger partial charge in [0, 0.05) is 0 Å². The van der Waals surface area contributed by atoms with Crippen LogP contribution in [0.3, 0.4) is 0 Å². The average molecular weight is 216 g/mol. The summed E-state index contributed by atoms with van der Waals surface area (Å²) in [5.74, 6) is 0. The van der Waals surface area contributed by atoms with Crippen LogP contribution >= 0.6 is 75.5 Å². The van der Waals surface area contributed by atoms with Gasteiger partial charge in [-0.1, -0.05) is 0 Å². The number of halogens is 5. The molecule has 6 heteroatoms. The molecule has 0 unspecified atom stereocenters. The monoisotopic (exact) mass is 214 g/mol. The fourth-order valence-electron chi connectivity index (χ4n) is 0. The zero-order valence-electron chi connectivity index (χ0n) is 2.54. The molecule has 6 heavy (non-hydrogen) atoms. The van der Waals surface area contributed by atoms with Crippen LogP contribution in [-0.4, -0.2) is 0 Å². The summed E-state index contributed by atoms with van der Waals surface area (Å²) in [6.45, 7) is 0. The Kier molecular flexibility index (Phi) is 1310. The Balaban J connectivity index is 0. The van der Waals surface area contributed by atoms with Crippen molar-refractivity contribution in [3.63, 3.8) is 0 Å². The lowest BCUT2D eigenvalue weighted by molar-refractivity contribution is 5.85. The molecule has 0 heterocycles. The summed E-state index contributed by atoms with van der Waals surface area (Å²) in [6.07, 6.45) is 0. The maximum absolute atomic E-state index is 0. The van der Waals surface area contributed by atoms with E-state index in [1.165, 1.54) is 0 Å². The summed E-state index contributed by atoms with van der Waals surface area (Å²) in [6, 6.07) is 0. The Morgan fingerprint density at radius 3 is 0.333 bits per heavy atom. The van der Waals surface area contributed by atoms with E-state index in [0.29, 0.717) is 0 Å². The molecule has 0 saturated carbocycles. The van der Waals surface area contributed by atoms with Crippen LogP contribution in [0.2, 0.25) is 0 Å². The molecule has 0 rings (SSSR count). The first-order valence-electron chi connectivity index (χ1n) is 0. The van der Waals surface area contributed by atoms with Gasteiger partial charge >= 0.3 is 0 Å². The van der Waals surface area contributed by atoms with E-state index in [0.717, 1.165) is 0 Å². The predicted octanol–water partition coefficient (Wildman–Crippen LogP) is 2.22. The van der Waals surface area contributed by atoms with Crippen molar-refractivity contribution in [1.29, 1.82) is 0 Å². The first kappa shape index (κ1) is 111. The van der Waals surface area contributed by atoms with E-state index in [4.69, 9.17) is 0 Å². The van der Waals surface area contributed by atoms with Gasteiger partial charge in [0.15, 0.2) is 0 Å². The first-order chi connectivity index (χ1) is 0. The average Bonchev–Trinajstić information content (AvgIpc) is 0. The van der Waals surface area contributed by atoms with Gasteiger partial charge in [0.05, 0.1) is 0 Å². The van der Waals surface area contributed by atoms with Crippen LogP contribution in [0.15, 0.2) is 0 Å². The van der Waals surface area contributed by atoms with E-state index in [2.05, 4.69) is 0 Å². The van der Waals surface area contributed by atoms with Crippen molar-refractivity contribution in [3.8, 4) is 0 Å². The summed E-state index contributed by atoms with van der Waals surface area (Å²) < 4.78 is 0. The van der Waals surface area contributed by atoms with Crippen molar-refractivity contribution >= 4 is 75.5 Å². The molecule has 0 saturated heterocycles. The molecule has 0 nitrogen and oxygen atoms in total. The van der Waals surface area contributed by atoms with E-state index in [-0.39, 0.29) is 75.5 Å². The van der Waals surface area contributed by atoms with Crippen molar-refractivity contribution in [2.45, 2.75) is 0 Å². The van der Waals surface area contributed by atoms with E-state index in [9.17, 15) is 0 Å². The fourth-order valence-corrected chi connectivity index (χ4v) is 0. The molecule has 0 aromatic heterocycles. The van der Waals surface area contributed by atoms with E-state index in [1.54, 1.807) is 0 Å². The van der Waals surface area contributed by atoms with Gasteiger partial charge in [-0.05, 0) is 0 Å². The van der Waals surface area contributed by atoms with Crippen LogP contribution in [0.5, 0.6) is 0 Å². The molecular formula is H7Cl5S. The largest absolute Gasteiger partial charge is 0.197 e. The van der Waals surface area contributed by atoms with E-state index in [1.807, 2.05) is 0 Å². The minimum atomic E-state index is 0. The van der Waals surface area contributed by atoms with Crippen LogP contribution in [0, 0.1) is 0 Å². The third-order valence-corrected chi connectivity index (χ3v) is 0. The molecule has 0 aromatic rings. The molecule has 0 amide bonds. The van der Waals surface area contributed by atoms with Crippen LogP contribution in [0.4, 0.5) is 0 Å². The maximum Gasteiger partial charge on any atom is -0.147 e. The lowest BCUT2D eigenvalue weighted by atomic mass is 32.1. The molecule has 0 bridgehead atoms. The highest BCUT2D eigenvalue weighted by molar-refractivity contribution is 7.59. The van der Waals surface area contributed by atoms with Gasteiger partial charge < -0.3 is 0 Å². The number of hydrogen-bond donors (Lipinski definition) is 0. The zero-order chi connectivity index (χ0) is 0. The highest BCUT2D eigenvalue weighted by Gasteiger charge is -0.142. The summed E-state index contributed by atoms with van der Waals surface area (Å²) in [4.78, 5) is 0. The van der Waals surface area contributed by atoms with Gasteiger partial charge in [0.25, 0.3) is 0 Å². The van der Waals surface area contributed by atoms with Crippen LogP contribution in [0.25, 0.3) is 0 Å². The normalized spacial score (nSPS) is 0. The second kappa shape index (κ2) is 70.6. The van der Waals surface area contributed by atoms with Crippen molar-refractivity contribution in [1.82, 2.24) is 0 Å². The SMILES string of the molecule is Cl.Cl.Cl.Cl.Cl.S. The number of hydrogen-bond acceptors (Lipinski definition) is 0. The predicted molar refractivity (Wildman–Crippen MR) is 46.6 cm³/mol. The van der Waals surface area contributed by atoms with Gasteiger partial charge in [-0.3, -0.25) is 0 Å². The molecule has 0 spiro atoms. The standard InChI is InChI=1S/5ClH.H2S/h5*1H;1H2. The molecule has 48 valence electrons. The lowest BCUT2D eigenvalue weighted by Gasteiger charge is -0.197. The van der Waals surface area contributed by atoms with Gasteiger partial charge in [-0.2, -0.15) is 13.5 Å². The fraction of sp³-hybridized carbons (Fsp3) is 0. The quantitative estimate of drug-likeness (QED) is 0.582. The molecular weight excluding hydrogens is 209 g/mol. The van der Waals surface area contributed by atoms with Gasteiger partial charge in [-0.25, -0.2) is 0 Å². The molecule has 0 fully saturated rings. The number of rotatable bonds is 0. The maximum atomic E-state index is 0. The molecule has 0 atom stereocenters. The molecule has 0 aliphatic rings. The third kappa shape index (κ3) is 41.2. The van der Waals surface area contributed by atoms with Crippen molar-refractivity contribution < 1.29 is 0 Å². The smallest absolute Gasteiger partial charge is 0.147 e. The molecule has 0 N–H and O–H groups in total. The van der Waals surface area contributed by atoms with Crippen LogP contribution in [-0.2, 0) is 0 Å². The minimum absolute atomic E-state index is 0. The molecule has 0 aliphatic heterocycles. The Morgan fingerprint density at radius 1 is 0.333 bits per heavy atom. The summed E-state index contributed by atoms with van der Waals surface area (Å²) in [5.41, 5.74) is 0. The van der Waals surface area contributed by atoms with Crippen LogP contribution in [0.1, 0.15) is 0 Å². The van der Waals surface area contributed by atoms with E-state index < -0.39 is 0 Å². The van der Waals surface area contributed by atoms with Gasteiger partial charge in [0.2, 0.25) is 0 Å². The Labute approximate surface area is 75.3 Å². The van der Waals surface area contributed by atoms with Gasteiger partial charge in [0.1, 0.15) is 0 Å². The summed E-state index contributed by atoms with van der Waals surface area (Å²) in [7, 11) is 0. The Hall–Kier alpha value is 1.80. The minimum Gasteiger partial charge on any atom is -0.197 e. The second-order valence-electron chi connectivity index (χ2n) is 0.